The van der Waals surface area contributed by atoms with Crippen LogP contribution in [0, 0.1) is 0 Å². The molecule has 0 atom stereocenters. The summed E-state index contributed by atoms with van der Waals surface area (Å²) < 4.78 is 15.2. The van der Waals surface area contributed by atoms with Gasteiger partial charge >= 0.3 is 5.97 Å². The molecule has 0 aliphatic heterocycles. The van der Waals surface area contributed by atoms with E-state index in [1.165, 1.54) is 6.92 Å². The number of carbonyl (C=O) groups is 1. The van der Waals surface area contributed by atoms with Crippen molar-refractivity contribution in [2.24, 2.45) is 0 Å². The van der Waals surface area contributed by atoms with E-state index in [4.69, 9.17) is 9.47 Å². The molecule has 0 aromatic heterocycles. The molecular weight excluding hydrogens is 198 g/mol. The Morgan fingerprint density at radius 3 is 2.07 bits per heavy atom. The number of nitrogens with zero attached hydrogens (tertiary/aromatic N) is 1. The van der Waals surface area contributed by atoms with Gasteiger partial charge in [-0.1, -0.05) is 0 Å². The van der Waals surface area contributed by atoms with E-state index in [9.17, 15) is 4.79 Å². The number of likely N-dealkylation sites (N-methyl/N-ethyl adjacent to an activating group) is 1. The molecule has 0 radical (unpaired) electrons. The van der Waals surface area contributed by atoms with Crippen LogP contribution in [0.1, 0.15) is 6.92 Å². The summed E-state index contributed by atoms with van der Waals surface area (Å²) in [5.74, 6) is -0.277. The van der Waals surface area contributed by atoms with Crippen molar-refractivity contribution in [1.82, 2.24) is 4.90 Å². The largest absolute Gasteiger partial charge is 0.463 e. The van der Waals surface area contributed by atoms with Crippen molar-refractivity contribution in [1.29, 1.82) is 0 Å². The molecule has 0 aliphatic carbocycles. The number of rotatable bonds is 9. The van der Waals surface area contributed by atoms with Crippen molar-refractivity contribution in [2.45, 2.75) is 6.92 Å². The van der Waals surface area contributed by atoms with E-state index in [0.29, 0.717) is 33.0 Å². The van der Waals surface area contributed by atoms with Crippen LogP contribution in [0.5, 0.6) is 0 Å². The highest BCUT2D eigenvalue weighted by atomic mass is 16.6. The molecule has 0 spiro atoms. The minimum atomic E-state index is -0.277. The predicted octanol–water partition coefficient (Wildman–Crippen LogP) is 0.144. The van der Waals surface area contributed by atoms with E-state index in [1.54, 1.807) is 0 Å². The molecule has 90 valence electrons. The molecule has 0 aromatic carbocycles. The van der Waals surface area contributed by atoms with E-state index < -0.39 is 0 Å². The Labute approximate surface area is 91.3 Å². The average molecular weight is 219 g/mol. The summed E-state index contributed by atoms with van der Waals surface area (Å²) in [6.45, 7) is 4.85. The molecule has 0 heterocycles. The minimum absolute atomic E-state index is 0.277. The monoisotopic (exact) mass is 219 g/mol. The van der Waals surface area contributed by atoms with Crippen LogP contribution >= 0.6 is 0 Å². The van der Waals surface area contributed by atoms with Gasteiger partial charge in [-0.25, -0.2) is 0 Å². The smallest absolute Gasteiger partial charge is 0.302 e. The predicted molar refractivity (Wildman–Crippen MR) is 56.8 cm³/mol. The van der Waals surface area contributed by atoms with E-state index in [1.807, 2.05) is 14.1 Å². The third kappa shape index (κ3) is 13.3. The van der Waals surface area contributed by atoms with Gasteiger partial charge in [0, 0.05) is 13.5 Å². The highest BCUT2D eigenvalue weighted by molar-refractivity contribution is 5.65. The second kappa shape index (κ2) is 9.89. The van der Waals surface area contributed by atoms with Gasteiger partial charge in [0.25, 0.3) is 0 Å². The Kier molecular flexibility index (Phi) is 9.46. The Morgan fingerprint density at radius 2 is 1.53 bits per heavy atom. The summed E-state index contributed by atoms with van der Waals surface area (Å²) in [7, 11) is 4.00. The van der Waals surface area contributed by atoms with Crippen LogP contribution in [0.15, 0.2) is 0 Å². The maximum Gasteiger partial charge on any atom is 0.302 e. The normalized spacial score (nSPS) is 10.7. The van der Waals surface area contributed by atoms with E-state index in [0.717, 1.165) is 6.54 Å². The number of hydrogen-bond acceptors (Lipinski definition) is 5. The number of esters is 1. The lowest BCUT2D eigenvalue weighted by atomic mass is 10.6. The summed E-state index contributed by atoms with van der Waals surface area (Å²) in [6, 6.07) is 0. The lowest BCUT2D eigenvalue weighted by Gasteiger charge is -2.09. The number of carbonyl (C=O) groups excluding carboxylic acids is 1. The van der Waals surface area contributed by atoms with Crippen molar-refractivity contribution in [3.63, 3.8) is 0 Å². The van der Waals surface area contributed by atoms with Gasteiger partial charge in [0.05, 0.1) is 26.4 Å². The zero-order valence-corrected chi connectivity index (χ0v) is 9.82. The Balaban J connectivity index is 2.96. The standard InChI is InChI=1S/C10H21NO4/c1-10(12)15-9-8-14-7-6-13-5-4-11(2)3/h4-9H2,1-3H3. The summed E-state index contributed by atoms with van der Waals surface area (Å²) in [5.41, 5.74) is 0. The maximum atomic E-state index is 10.4. The molecule has 15 heavy (non-hydrogen) atoms. The van der Waals surface area contributed by atoms with Gasteiger partial charge in [-0.2, -0.15) is 0 Å². The Bertz CT molecular complexity index is 162. The molecular formula is C10H21NO4. The molecule has 0 amide bonds. The molecule has 0 fully saturated rings. The van der Waals surface area contributed by atoms with Crippen LogP contribution in [0.2, 0.25) is 0 Å². The van der Waals surface area contributed by atoms with Crippen LogP contribution in [-0.2, 0) is 19.0 Å². The highest BCUT2D eigenvalue weighted by Crippen LogP contribution is 1.82. The second-order valence-corrected chi connectivity index (χ2v) is 3.37. The molecule has 0 N–H and O–H groups in total. The third-order valence-electron chi connectivity index (χ3n) is 1.59. The topological polar surface area (TPSA) is 48.0 Å². The summed E-state index contributed by atoms with van der Waals surface area (Å²) in [5, 5.41) is 0. The average Bonchev–Trinajstić information content (AvgIpc) is 2.14. The molecule has 0 saturated carbocycles. The van der Waals surface area contributed by atoms with Crippen LogP contribution in [0.4, 0.5) is 0 Å². The van der Waals surface area contributed by atoms with Crippen LogP contribution in [0.3, 0.4) is 0 Å². The van der Waals surface area contributed by atoms with Gasteiger partial charge in [-0.3, -0.25) is 4.79 Å². The molecule has 0 saturated heterocycles. The summed E-state index contributed by atoms with van der Waals surface area (Å²) in [4.78, 5) is 12.4. The molecule has 0 aromatic rings. The SMILES string of the molecule is CC(=O)OCCOCCOCCN(C)C. The van der Waals surface area contributed by atoms with E-state index in [2.05, 4.69) is 9.64 Å². The maximum absolute atomic E-state index is 10.4. The number of ether oxygens (including phenoxy) is 3. The van der Waals surface area contributed by atoms with Gasteiger partial charge < -0.3 is 19.1 Å². The van der Waals surface area contributed by atoms with Gasteiger partial charge in [-0.05, 0) is 14.1 Å². The fraction of sp³-hybridized carbons (Fsp3) is 0.900. The van der Waals surface area contributed by atoms with Gasteiger partial charge in [0.1, 0.15) is 6.61 Å². The van der Waals surface area contributed by atoms with Crippen molar-refractivity contribution in [3.8, 4) is 0 Å². The van der Waals surface area contributed by atoms with Gasteiger partial charge in [0.15, 0.2) is 0 Å². The quantitative estimate of drug-likeness (QED) is 0.408. The molecule has 0 aliphatic rings. The van der Waals surface area contributed by atoms with Crippen molar-refractivity contribution < 1.29 is 19.0 Å². The van der Waals surface area contributed by atoms with Crippen LogP contribution in [0.25, 0.3) is 0 Å². The fourth-order valence-electron chi connectivity index (χ4n) is 0.813. The molecule has 5 heteroatoms. The first-order chi connectivity index (χ1) is 7.13. The van der Waals surface area contributed by atoms with Crippen LogP contribution < -0.4 is 0 Å². The lowest BCUT2D eigenvalue weighted by Crippen LogP contribution is -2.19. The molecule has 0 bridgehead atoms. The summed E-state index contributed by atoms with van der Waals surface area (Å²) in [6.07, 6.45) is 0. The number of hydrogen-bond donors (Lipinski definition) is 0. The molecule has 0 unspecified atom stereocenters. The zero-order valence-electron chi connectivity index (χ0n) is 9.82. The van der Waals surface area contributed by atoms with E-state index in [-0.39, 0.29) is 5.97 Å². The molecule has 5 nitrogen and oxygen atoms in total. The second-order valence-electron chi connectivity index (χ2n) is 3.37. The van der Waals surface area contributed by atoms with Crippen molar-refractivity contribution >= 4 is 5.97 Å². The first-order valence-corrected chi connectivity index (χ1v) is 5.06. The Morgan fingerprint density at radius 1 is 1.00 bits per heavy atom. The summed E-state index contributed by atoms with van der Waals surface area (Å²) >= 11 is 0. The van der Waals surface area contributed by atoms with Crippen molar-refractivity contribution in [2.75, 3.05) is 53.7 Å². The first-order valence-electron chi connectivity index (χ1n) is 5.06. The molecule has 0 rings (SSSR count). The Hall–Kier alpha value is -0.650. The first kappa shape index (κ1) is 14.3. The van der Waals surface area contributed by atoms with E-state index >= 15 is 0 Å². The lowest BCUT2D eigenvalue weighted by molar-refractivity contribution is -0.142. The van der Waals surface area contributed by atoms with Gasteiger partial charge in [0.2, 0.25) is 0 Å². The highest BCUT2D eigenvalue weighted by Gasteiger charge is 1.94. The zero-order chi connectivity index (χ0) is 11.5. The fourth-order valence-corrected chi connectivity index (χ4v) is 0.813. The van der Waals surface area contributed by atoms with Crippen molar-refractivity contribution in [3.05, 3.63) is 0 Å². The minimum Gasteiger partial charge on any atom is -0.463 e. The van der Waals surface area contributed by atoms with Gasteiger partial charge in [-0.15, -0.1) is 0 Å². The van der Waals surface area contributed by atoms with Crippen LogP contribution in [-0.4, -0.2) is 64.5 Å². The third-order valence-corrected chi connectivity index (χ3v) is 1.59.